The molecular formula is C11H18N4O. The highest BCUT2D eigenvalue weighted by atomic mass is 16.5. The van der Waals surface area contributed by atoms with Crippen molar-refractivity contribution >= 4 is 5.95 Å². The molecule has 5 nitrogen and oxygen atoms in total. The predicted molar refractivity (Wildman–Crippen MR) is 63.0 cm³/mol. The Bertz CT molecular complexity index is 365. The van der Waals surface area contributed by atoms with Crippen molar-refractivity contribution in [3.05, 3.63) is 11.8 Å². The van der Waals surface area contributed by atoms with Crippen LogP contribution in [0.4, 0.5) is 5.95 Å². The molecule has 2 rings (SSSR count). The second-order valence-electron chi connectivity index (χ2n) is 3.95. The van der Waals surface area contributed by atoms with Crippen LogP contribution in [0, 0.1) is 6.92 Å². The monoisotopic (exact) mass is 222 g/mol. The minimum Gasteiger partial charge on any atom is -0.481 e. The van der Waals surface area contributed by atoms with Gasteiger partial charge in [-0.05, 0) is 13.8 Å². The zero-order valence-corrected chi connectivity index (χ0v) is 10.0. The summed E-state index contributed by atoms with van der Waals surface area (Å²) >= 11 is 0. The van der Waals surface area contributed by atoms with E-state index in [0.717, 1.165) is 31.3 Å². The number of anilines is 1. The van der Waals surface area contributed by atoms with E-state index < -0.39 is 0 Å². The van der Waals surface area contributed by atoms with E-state index in [2.05, 4.69) is 27.1 Å². The molecule has 0 bridgehead atoms. The number of ether oxygens (including phenoxy) is 1. The topological polar surface area (TPSA) is 50.3 Å². The van der Waals surface area contributed by atoms with Crippen LogP contribution in [0.2, 0.25) is 0 Å². The maximum atomic E-state index is 5.17. The Morgan fingerprint density at radius 1 is 1.50 bits per heavy atom. The maximum absolute atomic E-state index is 5.17. The van der Waals surface area contributed by atoms with Crippen molar-refractivity contribution in [2.75, 3.05) is 31.6 Å². The van der Waals surface area contributed by atoms with Crippen molar-refractivity contribution in [2.45, 2.75) is 19.9 Å². The molecule has 0 radical (unpaired) electrons. The van der Waals surface area contributed by atoms with Crippen molar-refractivity contribution in [3.8, 4) is 5.88 Å². The third kappa shape index (κ3) is 2.09. The molecular weight excluding hydrogens is 204 g/mol. The molecule has 16 heavy (non-hydrogen) atoms. The first-order chi connectivity index (χ1) is 7.74. The smallest absolute Gasteiger partial charge is 0.229 e. The van der Waals surface area contributed by atoms with Crippen molar-refractivity contribution in [2.24, 2.45) is 0 Å². The quantitative estimate of drug-likeness (QED) is 0.808. The average Bonchev–Trinajstić information content (AvgIpc) is 2.22. The highest BCUT2D eigenvalue weighted by molar-refractivity contribution is 5.36. The first-order valence-corrected chi connectivity index (χ1v) is 5.61. The Hall–Kier alpha value is -1.36. The molecule has 0 spiro atoms. The summed E-state index contributed by atoms with van der Waals surface area (Å²) in [5.41, 5.74) is 0.938. The van der Waals surface area contributed by atoms with Crippen LogP contribution in [0.5, 0.6) is 5.88 Å². The van der Waals surface area contributed by atoms with Gasteiger partial charge in [-0.1, -0.05) is 0 Å². The normalized spacial score (nSPS) is 15.7. The van der Waals surface area contributed by atoms with Crippen LogP contribution in [0.25, 0.3) is 0 Å². The lowest BCUT2D eigenvalue weighted by Crippen LogP contribution is -2.57. The lowest BCUT2D eigenvalue weighted by Gasteiger charge is -2.37. The number of likely N-dealkylation sites (N-methyl/N-ethyl adjacent to an activating group) is 1. The highest BCUT2D eigenvalue weighted by Crippen LogP contribution is 2.18. The van der Waals surface area contributed by atoms with Crippen molar-refractivity contribution in [3.63, 3.8) is 0 Å². The number of hydrogen-bond acceptors (Lipinski definition) is 5. The Kier molecular flexibility index (Phi) is 3.24. The number of hydrogen-bond donors (Lipinski definition) is 1. The van der Waals surface area contributed by atoms with E-state index in [0.29, 0.717) is 11.9 Å². The summed E-state index contributed by atoms with van der Waals surface area (Å²) in [5, 5.41) is 3.26. The van der Waals surface area contributed by atoms with E-state index in [1.54, 1.807) is 7.11 Å². The van der Waals surface area contributed by atoms with Gasteiger partial charge < -0.3 is 15.0 Å². The average molecular weight is 222 g/mol. The molecule has 1 saturated heterocycles. The summed E-state index contributed by atoms with van der Waals surface area (Å²) in [6.07, 6.45) is 0. The second-order valence-corrected chi connectivity index (χ2v) is 3.95. The zero-order chi connectivity index (χ0) is 11.5. The summed E-state index contributed by atoms with van der Waals surface area (Å²) in [4.78, 5) is 11.1. The summed E-state index contributed by atoms with van der Waals surface area (Å²) in [6.45, 7) is 7.01. The number of methoxy groups -OCH3 is 1. The molecule has 5 heteroatoms. The number of nitrogens with zero attached hydrogens (tertiary/aromatic N) is 3. The van der Waals surface area contributed by atoms with Gasteiger partial charge in [0.05, 0.1) is 13.2 Å². The second kappa shape index (κ2) is 4.65. The van der Waals surface area contributed by atoms with Gasteiger partial charge in [-0.2, -0.15) is 4.98 Å². The van der Waals surface area contributed by atoms with E-state index in [1.807, 2.05) is 13.0 Å². The van der Waals surface area contributed by atoms with Gasteiger partial charge in [-0.15, -0.1) is 0 Å². The number of aryl methyl sites for hydroxylation is 1. The predicted octanol–water partition coefficient (Wildman–Crippen LogP) is 0.592. The fourth-order valence-electron chi connectivity index (χ4n) is 1.81. The van der Waals surface area contributed by atoms with Crippen molar-refractivity contribution in [1.29, 1.82) is 0 Å². The third-order valence-corrected chi connectivity index (χ3v) is 2.83. The van der Waals surface area contributed by atoms with Gasteiger partial charge >= 0.3 is 0 Å². The van der Waals surface area contributed by atoms with Crippen LogP contribution >= 0.6 is 0 Å². The van der Waals surface area contributed by atoms with E-state index in [4.69, 9.17) is 4.74 Å². The van der Waals surface area contributed by atoms with Gasteiger partial charge in [-0.3, -0.25) is 0 Å². The Morgan fingerprint density at radius 2 is 2.25 bits per heavy atom. The fraction of sp³-hybridized carbons (Fsp3) is 0.636. The van der Waals surface area contributed by atoms with E-state index in [9.17, 15) is 0 Å². The fourth-order valence-corrected chi connectivity index (χ4v) is 1.81. The van der Waals surface area contributed by atoms with Crippen LogP contribution in [0.3, 0.4) is 0 Å². The molecule has 1 aromatic rings. The molecule has 88 valence electrons. The first-order valence-electron chi connectivity index (χ1n) is 5.61. The standard InChI is InChI=1S/C11H18N4O/c1-4-15(9-6-12-7-9)11-13-8(2)5-10(14-11)16-3/h5,9,12H,4,6-7H2,1-3H3. The molecule has 0 saturated carbocycles. The molecule has 0 unspecified atom stereocenters. The first kappa shape index (κ1) is 11.1. The summed E-state index contributed by atoms with van der Waals surface area (Å²) in [5.74, 6) is 1.40. The molecule has 0 atom stereocenters. The van der Waals surface area contributed by atoms with Gasteiger partial charge in [0, 0.05) is 31.4 Å². The van der Waals surface area contributed by atoms with Gasteiger partial charge in [0.15, 0.2) is 0 Å². The molecule has 0 amide bonds. The minimum atomic E-state index is 0.511. The van der Waals surface area contributed by atoms with Crippen molar-refractivity contribution < 1.29 is 4.74 Å². The summed E-state index contributed by atoms with van der Waals surface area (Å²) < 4.78 is 5.17. The number of nitrogens with one attached hydrogen (secondary N) is 1. The van der Waals surface area contributed by atoms with Crippen LogP contribution in [0.15, 0.2) is 6.07 Å². The Balaban J connectivity index is 2.25. The van der Waals surface area contributed by atoms with E-state index >= 15 is 0 Å². The number of aromatic nitrogens is 2. The molecule has 0 aromatic carbocycles. The van der Waals surface area contributed by atoms with Gasteiger partial charge in [0.2, 0.25) is 11.8 Å². The molecule has 1 aromatic heterocycles. The largest absolute Gasteiger partial charge is 0.481 e. The maximum Gasteiger partial charge on any atom is 0.229 e. The minimum absolute atomic E-state index is 0.511. The van der Waals surface area contributed by atoms with Crippen molar-refractivity contribution in [1.82, 2.24) is 15.3 Å². The highest BCUT2D eigenvalue weighted by Gasteiger charge is 2.25. The summed E-state index contributed by atoms with van der Waals surface area (Å²) in [6, 6.07) is 2.35. The third-order valence-electron chi connectivity index (χ3n) is 2.83. The SMILES string of the molecule is CCN(c1nc(C)cc(OC)n1)C1CNC1. The molecule has 1 aliphatic heterocycles. The zero-order valence-electron chi connectivity index (χ0n) is 10.0. The van der Waals surface area contributed by atoms with Crippen LogP contribution in [-0.4, -0.2) is 42.8 Å². The lowest BCUT2D eigenvalue weighted by molar-refractivity contribution is 0.388. The Morgan fingerprint density at radius 3 is 2.75 bits per heavy atom. The van der Waals surface area contributed by atoms with Crippen LogP contribution in [-0.2, 0) is 0 Å². The van der Waals surface area contributed by atoms with Crippen LogP contribution < -0.4 is 15.0 Å². The van der Waals surface area contributed by atoms with Gasteiger partial charge in [0.1, 0.15) is 0 Å². The molecule has 1 fully saturated rings. The molecule has 1 aliphatic rings. The molecule has 1 N–H and O–H groups in total. The lowest BCUT2D eigenvalue weighted by atomic mass is 10.1. The van der Waals surface area contributed by atoms with E-state index in [-0.39, 0.29) is 0 Å². The molecule has 2 heterocycles. The van der Waals surface area contributed by atoms with Crippen LogP contribution in [0.1, 0.15) is 12.6 Å². The van der Waals surface area contributed by atoms with E-state index in [1.165, 1.54) is 0 Å². The van der Waals surface area contributed by atoms with Gasteiger partial charge in [0.25, 0.3) is 0 Å². The molecule has 0 aliphatic carbocycles. The number of rotatable bonds is 4. The summed E-state index contributed by atoms with van der Waals surface area (Å²) in [7, 11) is 1.63. The Labute approximate surface area is 95.8 Å². The van der Waals surface area contributed by atoms with Gasteiger partial charge in [-0.25, -0.2) is 4.98 Å².